The van der Waals surface area contributed by atoms with Crippen molar-refractivity contribution >= 4 is 0 Å². The van der Waals surface area contributed by atoms with E-state index < -0.39 is 11.7 Å². The van der Waals surface area contributed by atoms with Crippen molar-refractivity contribution in [1.29, 1.82) is 0 Å². The fraction of sp³-hybridized carbons (Fsp3) is 0.250. The van der Waals surface area contributed by atoms with Gasteiger partial charge in [-0.3, -0.25) is 0 Å². The van der Waals surface area contributed by atoms with Crippen molar-refractivity contribution in [2.24, 2.45) is 0 Å². The largest absolute Gasteiger partial charge is 0.480 e. The zero-order valence-corrected chi connectivity index (χ0v) is 10.3. The van der Waals surface area contributed by atoms with Crippen LogP contribution in [-0.4, -0.2) is 11.2 Å². The van der Waals surface area contributed by atoms with Gasteiger partial charge in [0.15, 0.2) is 5.60 Å². The second-order valence-corrected chi connectivity index (χ2v) is 4.90. The van der Waals surface area contributed by atoms with Crippen LogP contribution in [0.5, 0.6) is 5.75 Å². The lowest BCUT2D eigenvalue weighted by molar-refractivity contribution is -0.0590. The highest BCUT2D eigenvalue weighted by molar-refractivity contribution is 5.39. The van der Waals surface area contributed by atoms with Crippen LogP contribution in [0.3, 0.4) is 0 Å². The van der Waals surface area contributed by atoms with Crippen molar-refractivity contribution in [2.75, 3.05) is 0 Å². The molecule has 2 unspecified atom stereocenters. The maximum absolute atomic E-state index is 10.4. The SMILES string of the molecule is CC1(c2ccccc2)Oc2ccccc2CC1O. The van der Waals surface area contributed by atoms with E-state index in [2.05, 4.69) is 0 Å². The molecule has 2 heteroatoms. The molecule has 0 fully saturated rings. The Balaban J connectivity index is 2.05. The molecular formula is C16H16O2. The van der Waals surface area contributed by atoms with Crippen molar-refractivity contribution in [2.45, 2.75) is 25.0 Å². The van der Waals surface area contributed by atoms with E-state index >= 15 is 0 Å². The molecule has 0 amide bonds. The summed E-state index contributed by atoms with van der Waals surface area (Å²) in [5, 5.41) is 10.4. The molecule has 2 aromatic carbocycles. The molecule has 0 bridgehead atoms. The molecule has 0 spiro atoms. The second kappa shape index (κ2) is 4.14. The van der Waals surface area contributed by atoms with Gasteiger partial charge in [0.05, 0.1) is 0 Å². The van der Waals surface area contributed by atoms with Crippen LogP contribution in [0.2, 0.25) is 0 Å². The number of ether oxygens (including phenoxy) is 1. The molecule has 1 heterocycles. The van der Waals surface area contributed by atoms with Gasteiger partial charge in [-0.1, -0.05) is 48.5 Å². The summed E-state index contributed by atoms with van der Waals surface area (Å²) >= 11 is 0. The van der Waals surface area contributed by atoms with E-state index in [9.17, 15) is 5.11 Å². The minimum Gasteiger partial charge on any atom is -0.480 e. The lowest BCUT2D eigenvalue weighted by Gasteiger charge is -2.40. The Morgan fingerprint density at radius 1 is 1.06 bits per heavy atom. The average Bonchev–Trinajstić information content (AvgIpc) is 2.41. The van der Waals surface area contributed by atoms with Gasteiger partial charge < -0.3 is 9.84 Å². The highest BCUT2D eigenvalue weighted by Gasteiger charge is 2.41. The zero-order valence-electron chi connectivity index (χ0n) is 10.3. The van der Waals surface area contributed by atoms with Gasteiger partial charge in [0, 0.05) is 6.42 Å². The number of para-hydroxylation sites is 1. The molecule has 0 aromatic heterocycles. The molecule has 1 N–H and O–H groups in total. The lowest BCUT2D eigenvalue weighted by atomic mass is 9.84. The van der Waals surface area contributed by atoms with E-state index in [0.717, 1.165) is 16.9 Å². The van der Waals surface area contributed by atoms with Crippen LogP contribution in [0.25, 0.3) is 0 Å². The van der Waals surface area contributed by atoms with E-state index in [1.807, 2.05) is 61.5 Å². The summed E-state index contributed by atoms with van der Waals surface area (Å²) in [6.07, 6.45) is 0.0940. The Kier molecular flexibility index (Phi) is 2.60. The first-order valence-electron chi connectivity index (χ1n) is 6.20. The number of hydrogen-bond donors (Lipinski definition) is 1. The summed E-state index contributed by atoms with van der Waals surface area (Å²) < 4.78 is 6.07. The van der Waals surface area contributed by atoms with Gasteiger partial charge >= 0.3 is 0 Å². The predicted octanol–water partition coefficient (Wildman–Crippen LogP) is 2.90. The van der Waals surface area contributed by atoms with Crippen molar-refractivity contribution in [3.8, 4) is 5.75 Å². The molecule has 0 radical (unpaired) electrons. The maximum Gasteiger partial charge on any atom is 0.157 e. The summed E-state index contributed by atoms with van der Waals surface area (Å²) in [7, 11) is 0. The highest BCUT2D eigenvalue weighted by atomic mass is 16.5. The topological polar surface area (TPSA) is 29.5 Å². The van der Waals surface area contributed by atoms with E-state index in [0.29, 0.717) is 6.42 Å². The molecule has 0 saturated heterocycles. The van der Waals surface area contributed by atoms with E-state index in [-0.39, 0.29) is 0 Å². The molecule has 3 rings (SSSR count). The molecule has 1 aliphatic heterocycles. The van der Waals surface area contributed by atoms with Crippen LogP contribution in [0.15, 0.2) is 54.6 Å². The Labute approximate surface area is 107 Å². The fourth-order valence-corrected chi connectivity index (χ4v) is 2.49. The molecule has 2 aromatic rings. The predicted molar refractivity (Wildman–Crippen MR) is 70.6 cm³/mol. The number of hydrogen-bond acceptors (Lipinski definition) is 2. The Morgan fingerprint density at radius 2 is 1.72 bits per heavy atom. The second-order valence-electron chi connectivity index (χ2n) is 4.90. The fourth-order valence-electron chi connectivity index (χ4n) is 2.49. The summed E-state index contributed by atoms with van der Waals surface area (Å²) in [5.41, 5.74) is 1.40. The minimum atomic E-state index is -0.671. The lowest BCUT2D eigenvalue weighted by Crippen LogP contribution is -2.46. The molecule has 18 heavy (non-hydrogen) atoms. The van der Waals surface area contributed by atoms with Gasteiger partial charge in [-0.2, -0.15) is 0 Å². The van der Waals surface area contributed by atoms with Crippen LogP contribution in [-0.2, 0) is 12.0 Å². The number of fused-ring (bicyclic) bond motifs is 1. The minimum absolute atomic E-state index is 0.533. The van der Waals surface area contributed by atoms with Gasteiger partial charge in [-0.15, -0.1) is 0 Å². The van der Waals surface area contributed by atoms with E-state index in [4.69, 9.17) is 4.74 Å². The molecule has 2 atom stereocenters. The third-order valence-corrected chi connectivity index (χ3v) is 3.69. The Morgan fingerprint density at radius 3 is 2.50 bits per heavy atom. The van der Waals surface area contributed by atoms with Gasteiger partial charge in [-0.05, 0) is 24.1 Å². The smallest absolute Gasteiger partial charge is 0.157 e. The summed E-state index contributed by atoms with van der Waals surface area (Å²) in [5.74, 6) is 0.870. The Hall–Kier alpha value is -1.80. The van der Waals surface area contributed by atoms with Crippen molar-refractivity contribution in [1.82, 2.24) is 0 Å². The number of aliphatic hydroxyl groups is 1. The number of benzene rings is 2. The van der Waals surface area contributed by atoms with Crippen molar-refractivity contribution < 1.29 is 9.84 Å². The standard InChI is InChI=1S/C16H16O2/c1-16(13-8-3-2-4-9-13)15(17)11-12-7-5-6-10-14(12)18-16/h2-10,15,17H,11H2,1H3. The monoisotopic (exact) mass is 240 g/mol. The first kappa shape index (κ1) is 11.3. The first-order chi connectivity index (χ1) is 8.70. The quantitative estimate of drug-likeness (QED) is 0.830. The molecule has 1 aliphatic rings. The average molecular weight is 240 g/mol. The molecule has 92 valence electrons. The van der Waals surface area contributed by atoms with Crippen molar-refractivity contribution in [3.05, 3.63) is 65.7 Å². The highest BCUT2D eigenvalue weighted by Crippen LogP contribution is 2.39. The molecule has 0 saturated carbocycles. The van der Waals surface area contributed by atoms with Crippen LogP contribution < -0.4 is 4.74 Å². The van der Waals surface area contributed by atoms with Crippen LogP contribution in [0.4, 0.5) is 0 Å². The van der Waals surface area contributed by atoms with Gasteiger partial charge in [0.25, 0.3) is 0 Å². The van der Waals surface area contributed by atoms with E-state index in [1.165, 1.54) is 0 Å². The first-order valence-corrected chi connectivity index (χ1v) is 6.20. The zero-order chi connectivity index (χ0) is 12.6. The summed E-state index contributed by atoms with van der Waals surface area (Å²) in [4.78, 5) is 0. The van der Waals surface area contributed by atoms with Crippen LogP contribution >= 0.6 is 0 Å². The third kappa shape index (κ3) is 1.70. The van der Waals surface area contributed by atoms with Gasteiger partial charge in [0.2, 0.25) is 0 Å². The normalized spacial score (nSPS) is 26.2. The molecular weight excluding hydrogens is 224 g/mol. The number of aliphatic hydroxyl groups excluding tert-OH is 1. The van der Waals surface area contributed by atoms with Crippen molar-refractivity contribution in [3.63, 3.8) is 0 Å². The summed E-state index contributed by atoms with van der Waals surface area (Å²) in [6.45, 7) is 1.95. The van der Waals surface area contributed by atoms with E-state index in [1.54, 1.807) is 0 Å². The van der Waals surface area contributed by atoms with Crippen LogP contribution in [0, 0.1) is 0 Å². The molecule has 0 aliphatic carbocycles. The third-order valence-electron chi connectivity index (χ3n) is 3.69. The van der Waals surface area contributed by atoms with Gasteiger partial charge in [0.1, 0.15) is 11.9 Å². The maximum atomic E-state index is 10.4. The summed E-state index contributed by atoms with van der Waals surface area (Å²) in [6, 6.07) is 17.8. The Bertz CT molecular complexity index is 550. The molecule has 2 nitrogen and oxygen atoms in total. The van der Waals surface area contributed by atoms with Gasteiger partial charge in [-0.25, -0.2) is 0 Å². The number of rotatable bonds is 1. The van der Waals surface area contributed by atoms with Crippen LogP contribution in [0.1, 0.15) is 18.1 Å².